The first-order valence-electron chi connectivity index (χ1n) is 3.04. The molecular formula is C5H11NO4. The Balaban J connectivity index is 2.52. The van der Waals surface area contributed by atoms with Crippen LogP contribution in [0, 0.1) is 0 Å². The Morgan fingerprint density at radius 2 is 1.80 bits per heavy atom. The van der Waals surface area contributed by atoms with E-state index in [1.807, 2.05) is 0 Å². The van der Waals surface area contributed by atoms with Crippen LogP contribution in [-0.4, -0.2) is 46.5 Å². The van der Waals surface area contributed by atoms with E-state index in [2.05, 4.69) is 0 Å². The van der Waals surface area contributed by atoms with E-state index in [0.717, 1.165) is 0 Å². The smallest absolute Gasteiger partial charge is 0.134 e. The van der Waals surface area contributed by atoms with Crippen molar-refractivity contribution in [1.29, 1.82) is 0 Å². The van der Waals surface area contributed by atoms with Crippen LogP contribution in [0.5, 0.6) is 0 Å². The minimum atomic E-state index is -1.19. The molecule has 0 saturated carbocycles. The molecule has 5 N–H and O–H groups in total. The average molecular weight is 149 g/mol. The zero-order chi connectivity index (χ0) is 7.72. The molecule has 0 aromatic carbocycles. The fourth-order valence-electron chi connectivity index (χ4n) is 0.829. The Morgan fingerprint density at radius 1 is 1.20 bits per heavy atom. The summed E-state index contributed by atoms with van der Waals surface area (Å²) in [6.07, 6.45) is -4.30. The van der Waals surface area contributed by atoms with Gasteiger partial charge in [-0.15, -0.1) is 0 Å². The van der Waals surface area contributed by atoms with E-state index >= 15 is 0 Å². The van der Waals surface area contributed by atoms with Gasteiger partial charge in [-0.05, 0) is 0 Å². The molecule has 1 aliphatic heterocycles. The van der Waals surface area contributed by atoms with Crippen molar-refractivity contribution >= 4 is 0 Å². The molecule has 0 aromatic rings. The van der Waals surface area contributed by atoms with Gasteiger partial charge in [-0.25, -0.2) is 0 Å². The molecule has 1 rings (SSSR count). The highest BCUT2D eigenvalue weighted by Crippen LogP contribution is 2.11. The molecule has 4 atom stereocenters. The normalized spacial score (nSPS) is 49.2. The van der Waals surface area contributed by atoms with Gasteiger partial charge in [-0.2, -0.15) is 0 Å². The lowest BCUT2D eigenvalue weighted by Crippen LogP contribution is -2.56. The van der Waals surface area contributed by atoms with Crippen molar-refractivity contribution in [1.82, 2.24) is 0 Å². The van der Waals surface area contributed by atoms with Crippen molar-refractivity contribution in [3.8, 4) is 0 Å². The molecule has 5 heteroatoms. The SMILES string of the molecule is N[C@H]1OC[C@H](O)[C@H](O)[C@H]1O. The predicted octanol–water partition coefficient (Wildman–Crippen LogP) is -2.62. The van der Waals surface area contributed by atoms with Crippen LogP contribution in [0.2, 0.25) is 0 Å². The second kappa shape index (κ2) is 2.81. The van der Waals surface area contributed by atoms with E-state index in [0.29, 0.717) is 0 Å². The zero-order valence-electron chi connectivity index (χ0n) is 5.34. The van der Waals surface area contributed by atoms with Gasteiger partial charge in [0.1, 0.15) is 24.5 Å². The third-order valence-corrected chi connectivity index (χ3v) is 1.54. The maximum atomic E-state index is 8.96. The van der Waals surface area contributed by atoms with Crippen molar-refractivity contribution < 1.29 is 20.1 Å². The molecule has 1 heterocycles. The summed E-state index contributed by atoms with van der Waals surface area (Å²) in [7, 11) is 0. The Labute approximate surface area is 58.0 Å². The van der Waals surface area contributed by atoms with E-state index in [1.165, 1.54) is 0 Å². The molecule has 0 bridgehead atoms. The van der Waals surface area contributed by atoms with Gasteiger partial charge in [0.15, 0.2) is 0 Å². The molecule has 0 spiro atoms. The third-order valence-electron chi connectivity index (χ3n) is 1.54. The monoisotopic (exact) mass is 149 g/mol. The van der Waals surface area contributed by atoms with Crippen molar-refractivity contribution in [3.63, 3.8) is 0 Å². The number of nitrogens with two attached hydrogens (primary N) is 1. The van der Waals surface area contributed by atoms with Crippen LogP contribution < -0.4 is 5.73 Å². The van der Waals surface area contributed by atoms with Crippen LogP contribution in [-0.2, 0) is 4.74 Å². The molecule has 5 nitrogen and oxygen atoms in total. The zero-order valence-corrected chi connectivity index (χ0v) is 5.34. The van der Waals surface area contributed by atoms with Crippen molar-refractivity contribution in [2.24, 2.45) is 5.73 Å². The Hall–Kier alpha value is -0.200. The van der Waals surface area contributed by atoms with Gasteiger partial charge in [-0.3, -0.25) is 0 Å². The second-order valence-corrected chi connectivity index (χ2v) is 2.35. The Morgan fingerprint density at radius 3 is 2.30 bits per heavy atom. The maximum absolute atomic E-state index is 8.96. The Bertz CT molecular complexity index is 106. The molecule has 1 saturated heterocycles. The fourth-order valence-corrected chi connectivity index (χ4v) is 0.829. The quantitative estimate of drug-likeness (QED) is 0.302. The van der Waals surface area contributed by atoms with E-state index in [1.54, 1.807) is 0 Å². The van der Waals surface area contributed by atoms with Gasteiger partial charge in [-0.1, -0.05) is 0 Å². The van der Waals surface area contributed by atoms with Crippen LogP contribution >= 0.6 is 0 Å². The molecule has 0 radical (unpaired) electrons. The number of hydrogen-bond donors (Lipinski definition) is 4. The average Bonchev–Trinajstić information content (AvgIpc) is 1.93. The second-order valence-electron chi connectivity index (χ2n) is 2.35. The summed E-state index contributed by atoms with van der Waals surface area (Å²) in [6, 6.07) is 0. The molecule has 0 aliphatic carbocycles. The number of ether oxygens (including phenoxy) is 1. The molecule has 0 amide bonds. The van der Waals surface area contributed by atoms with E-state index in [9.17, 15) is 0 Å². The minimum Gasteiger partial charge on any atom is -0.388 e. The minimum absolute atomic E-state index is 0.0284. The summed E-state index contributed by atoms with van der Waals surface area (Å²) in [5, 5.41) is 26.8. The van der Waals surface area contributed by atoms with Gasteiger partial charge in [0.05, 0.1) is 6.61 Å². The molecule has 0 unspecified atom stereocenters. The van der Waals surface area contributed by atoms with Gasteiger partial charge >= 0.3 is 0 Å². The number of rotatable bonds is 0. The van der Waals surface area contributed by atoms with Gasteiger partial charge in [0, 0.05) is 0 Å². The summed E-state index contributed by atoms with van der Waals surface area (Å²) >= 11 is 0. The van der Waals surface area contributed by atoms with E-state index in [4.69, 9.17) is 25.8 Å². The molecule has 10 heavy (non-hydrogen) atoms. The lowest BCUT2D eigenvalue weighted by molar-refractivity contribution is -0.184. The predicted molar refractivity (Wildman–Crippen MR) is 31.9 cm³/mol. The largest absolute Gasteiger partial charge is 0.388 e. The molecule has 0 aromatic heterocycles. The highest BCUT2D eigenvalue weighted by Gasteiger charge is 2.35. The van der Waals surface area contributed by atoms with Crippen molar-refractivity contribution in [2.75, 3.05) is 6.61 Å². The first kappa shape index (κ1) is 7.90. The number of aliphatic hydroxyl groups excluding tert-OH is 3. The van der Waals surface area contributed by atoms with Gasteiger partial charge in [0.25, 0.3) is 0 Å². The van der Waals surface area contributed by atoms with Crippen LogP contribution in [0.3, 0.4) is 0 Å². The van der Waals surface area contributed by atoms with E-state index in [-0.39, 0.29) is 6.61 Å². The molecule has 1 aliphatic rings. The first-order valence-corrected chi connectivity index (χ1v) is 3.04. The number of hydrogen-bond acceptors (Lipinski definition) is 5. The summed E-state index contributed by atoms with van der Waals surface area (Å²) in [5.74, 6) is 0. The lowest BCUT2D eigenvalue weighted by Gasteiger charge is -2.32. The molecule has 60 valence electrons. The van der Waals surface area contributed by atoms with Crippen molar-refractivity contribution in [2.45, 2.75) is 24.5 Å². The van der Waals surface area contributed by atoms with Crippen LogP contribution in [0.4, 0.5) is 0 Å². The van der Waals surface area contributed by atoms with Crippen LogP contribution in [0.25, 0.3) is 0 Å². The van der Waals surface area contributed by atoms with Gasteiger partial charge in [0.2, 0.25) is 0 Å². The van der Waals surface area contributed by atoms with Crippen molar-refractivity contribution in [3.05, 3.63) is 0 Å². The number of aliphatic hydroxyl groups is 3. The summed E-state index contributed by atoms with van der Waals surface area (Å²) in [4.78, 5) is 0. The molecular weight excluding hydrogens is 138 g/mol. The highest BCUT2D eigenvalue weighted by molar-refractivity contribution is 4.83. The first-order chi connectivity index (χ1) is 4.63. The highest BCUT2D eigenvalue weighted by atomic mass is 16.5. The molecule has 1 fully saturated rings. The third kappa shape index (κ3) is 1.28. The van der Waals surface area contributed by atoms with Gasteiger partial charge < -0.3 is 25.8 Å². The Kier molecular flexibility index (Phi) is 2.22. The van der Waals surface area contributed by atoms with E-state index < -0.39 is 24.5 Å². The van der Waals surface area contributed by atoms with Crippen LogP contribution in [0.15, 0.2) is 0 Å². The summed E-state index contributed by atoms with van der Waals surface area (Å²) in [6.45, 7) is -0.0284. The lowest BCUT2D eigenvalue weighted by atomic mass is 10.1. The summed E-state index contributed by atoms with van der Waals surface area (Å²) in [5.41, 5.74) is 5.19. The fraction of sp³-hybridized carbons (Fsp3) is 1.00. The summed E-state index contributed by atoms with van der Waals surface area (Å²) < 4.78 is 4.69. The topological polar surface area (TPSA) is 95.9 Å². The van der Waals surface area contributed by atoms with Crippen LogP contribution in [0.1, 0.15) is 0 Å². The maximum Gasteiger partial charge on any atom is 0.134 e. The standard InChI is InChI=1S/C5H11NO4/c6-5-4(9)3(8)2(7)1-10-5/h2-5,7-9H,1,6H2/t2-,3-,4+,5-/m0/s1.